The van der Waals surface area contributed by atoms with Crippen molar-refractivity contribution in [3.63, 3.8) is 0 Å². The molecule has 0 radical (unpaired) electrons. The van der Waals surface area contributed by atoms with Crippen LogP contribution in [0.3, 0.4) is 0 Å². The Morgan fingerprint density at radius 3 is 2.54 bits per heavy atom. The molecular formula is C25H20N2O8. The van der Waals surface area contributed by atoms with E-state index in [0.717, 1.165) is 4.90 Å². The number of carbonyl (C=O) groups excluding carboxylic acids is 4. The molecular weight excluding hydrogens is 456 g/mol. The number of anilines is 1. The molecule has 0 saturated heterocycles. The lowest BCUT2D eigenvalue weighted by atomic mass is 10.1. The van der Waals surface area contributed by atoms with Crippen molar-refractivity contribution in [1.82, 2.24) is 4.90 Å². The van der Waals surface area contributed by atoms with Gasteiger partial charge in [0.15, 0.2) is 17.6 Å². The largest absolute Gasteiger partial charge is 0.486 e. The quantitative estimate of drug-likeness (QED) is 0.425. The van der Waals surface area contributed by atoms with Gasteiger partial charge in [-0.25, -0.2) is 4.79 Å². The van der Waals surface area contributed by atoms with Gasteiger partial charge in [0, 0.05) is 11.8 Å². The van der Waals surface area contributed by atoms with Crippen LogP contribution in [0.2, 0.25) is 0 Å². The van der Waals surface area contributed by atoms with Crippen LogP contribution in [0, 0.1) is 0 Å². The smallest absolute Gasteiger partial charge is 0.338 e. The zero-order valence-corrected chi connectivity index (χ0v) is 18.6. The zero-order valence-electron chi connectivity index (χ0n) is 18.6. The summed E-state index contributed by atoms with van der Waals surface area (Å²) in [4.78, 5) is 51.7. The summed E-state index contributed by atoms with van der Waals surface area (Å²) >= 11 is 0. The predicted octanol–water partition coefficient (Wildman–Crippen LogP) is 3.03. The molecule has 0 aliphatic carbocycles. The third kappa shape index (κ3) is 4.33. The summed E-state index contributed by atoms with van der Waals surface area (Å²) in [6, 6.07) is 12.3. The molecule has 2 aliphatic rings. The van der Waals surface area contributed by atoms with E-state index < -0.39 is 29.8 Å². The van der Waals surface area contributed by atoms with Gasteiger partial charge in [-0.1, -0.05) is 0 Å². The normalized spacial score (nSPS) is 14.9. The van der Waals surface area contributed by atoms with Gasteiger partial charge >= 0.3 is 5.97 Å². The van der Waals surface area contributed by atoms with Gasteiger partial charge in [0.1, 0.15) is 19.0 Å². The standard InChI is InChI=1S/C25H20N2O8/c1-14(22(28)26-16-5-7-20-21(12-16)34-10-9-33-20)35-25(31)15-4-6-18-19(11-15)24(30)27(23(18)29)13-17-3-2-8-32-17/h2-8,11-12,14H,9-10,13H2,1H3,(H,26,28)/t14-/m1/s1. The molecule has 10 heteroatoms. The minimum atomic E-state index is -1.13. The summed E-state index contributed by atoms with van der Waals surface area (Å²) in [6.45, 7) is 2.28. The molecule has 5 rings (SSSR count). The number of hydrogen-bond acceptors (Lipinski definition) is 8. The Balaban J connectivity index is 1.24. The second-order valence-electron chi connectivity index (χ2n) is 7.93. The number of fused-ring (bicyclic) bond motifs is 2. The van der Waals surface area contributed by atoms with E-state index in [1.807, 2.05) is 0 Å². The number of amides is 3. The fraction of sp³-hybridized carbons (Fsp3) is 0.200. The van der Waals surface area contributed by atoms with E-state index in [0.29, 0.717) is 36.2 Å². The van der Waals surface area contributed by atoms with Gasteiger partial charge in [-0.3, -0.25) is 19.3 Å². The third-order valence-corrected chi connectivity index (χ3v) is 5.56. The molecule has 0 spiro atoms. The van der Waals surface area contributed by atoms with Crippen molar-refractivity contribution in [3.8, 4) is 11.5 Å². The van der Waals surface area contributed by atoms with E-state index in [1.165, 1.54) is 31.4 Å². The maximum atomic E-state index is 12.8. The van der Waals surface area contributed by atoms with Crippen LogP contribution in [0.1, 0.15) is 43.8 Å². The van der Waals surface area contributed by atoms with Crippen molar-refractivity contribution in [2.45, 2.75) is 19.6 Å². The van der Waals surface area contributed by atoms with Crippen LogP contribution in [0.5, 0.6) is 11.5 Å². The fourth-order valence-electron chi connectivity index (χ4n) is 3.77. The summed E-state index contributed by atoms with van der Waals surface area (Å²) in [5.74, 6) is -0.821. The van der Waals surface area contributed by atoms with Gasteiger partial charge < -0.3 is 23.9 Å². The SMILES string of the molecule is C[C@@H](OC(=O)c1ccc2c(c1)C(=O)N(Cc1ccco1)C2=O)C(=O)Nc1ccc2c(c1)OCCO2. The average molecular weight is 476 g/mol. The lowest BCUT2D eigenvalue weighted by Crippen LogP contribution is -2.30. The van der Waals surface area contributed by atoms with E-state index in [2.05, 4.69) is 5.32 Å². The van der Waals surface area contributed by atoms with Gasteiger partial charge in [0.2, 0.25) is 0 Å². The summed E-state index contributed by atoms with van der Waals surface area (Å²) < 4.78 is 21.5. The van der Waals surface area contributed by atoms with Gasteiger partial charge in [-0.2, -0.15) is 0 Å². The number of rotatable bonds is 6. The molecule has 1 atom stereocenters. The summed E-state index contributed by atoms with van der Waals surface area (Å²) in [5.41, 5.74) is 0.774. The van der Waals surface area contributed by atoms with Crippen LogP contribution >= 0.6 is 0 Å². The minimum absolute atomic E-state index is 0.0177. The van der Waals surface area contributed by atoms with Crippen LogP contribution < -0.4 is 14.8 Å². The van der Waals surface area contributed by atoms with E-state index in [-0.39, 0.29) is 23.2 Å². The van der Waals surface area contributed by atoms with Gasteiger partial charge in [0.05, 0.1) is 29.5 Å². The number of hydrogen-bond donors (Lipinski definition) is 1. The summed E-state index contributed by atoms with van der Waals surface area (Å²) in [7, 11) is 0. The molecule has 178 valence electrons. The Hall–Kier alpha value is -4.60. The molecule has 35 heavy (non-hydrogen) atoms. The maximum Gasteiger partial charge on any atom is 0.338 e. The molecule has 3 aromatic rings. The van der Waals surface area contributed by atoms with Gasteiger partial charge in [-0.05, 0) is 49.4 Å². The highest BCUT2D eigenvalue weighted by atomic mass is 16.6. The molecule has 10 nitrogen and oxygen atoms in total. The molecule has 0 bridgehead atoms. The summed E-state index contributed by atoms with van der Waals surface area (Å²) in [6.07, 6.45) is 0.323. The topological polar surface area (TPSA) is 124 Å². The van der Waals surface area contributed by atoms with Crippen LogP contribution in [0.15, 0.2) is 59.2 Å². The molecule has 0 unspecified atom stereocenters. The number of benzene rings is 2. The average Bonchev–Trinajstić information content (AvgIpc) is 3.46. The van der Waals surface area contributed by atoms with E-state index in [9.17, 15) is 19.2 Å². The lowest BCUT2D eigenvalue weighted by Gasteiger charge is -2.19. The van der Waals surface area contributed by atoms with Crippen molar-refractivity contribution < 1.29 is 37.8 Å². The monoisotopic (exact) mass is 476 g/mol. The number of carbonyl (C=O) groups is 4. The highest BCUT2D eigenvalue weighted by molar-refractivity contribution is 6.21. The Labute approximate surface area is 199 Å². The van der Waals surface area contributed by atoms with Crippen LogP contribution in [-0.4, -0.2) is 47.9 Å². The van der Waals surface area contributed by atoms with Crippen molar-refractivity contribution in [3.05, 3.63) is 77.2 Å². The maximum absolute atomic E-state index is 12.8. The zero-order chi connectivity index (χ0) is 24.5. The number of imide groups is 1. The molecule has 0 saturated carbocycles. The molecule has 2 aliphatic heterocycles. The number of furan rings is 1. The van der Waals surface area contributed by atoms with Gasteiger partial charge in [0.25, 0.3) is 17.7 Å². The van der Waals surface area contributed by atoms with E-state index >= 15 is 0 Å². The number of ether oxygens (including phenoxy) is 3. The van der Waals surface area contributed by atoms with Crippen molar-refractivity contribution in [1.29, 1.82) is 0 Å². The molecule has 3 heterocycles. The Morgan fingerprint density at radius 1 is 1.00 bits per heavy atom. The Kier molecular flexibility index (Phi) is 5.69. The first-order chi connectivity index (χ1) is 16.9. The number of nitrogens with one attached hydrogen (secondary N) is 1. The fourth-order valence-corrected chi connectivity index (χ4v) is 3.77. The van der Waals surface area contributed by atoms with Crippen LogP contribution in [0.4, 0.5) is 5.69 Å². The number of esters is 1. The highest BCUT2D eigenvalue weighted by Crippen LogP contribution is 2.32. The first-order valence-electron chi connectivity index (χ1n) is 10.8. The van der Waals surface area contributed by atoms with E-state index in [4.69, 9.17) is 18.6 Å². The summed E-state index contributed by atoms with van der Waals surface area (Å²) in [5, 5.41) is 2.66. The van der Waals surface area contributed by atoms with Crippen molar-refractivity contribution in [2.24, 2.45) is 0 Å². The molecule has 0 fully saturated rings. The Morgan fingerprint density at radius 2 is 1.77 bits per heavy atom. The second-order valence-corrected chi connectivity index (χ2v) is 7.93. The molecule has 2 aromatic carbocycles. The van der Waals surface area contributed by atoms with E-state index in [1.54, 1.807) is 30.3 Å². The van der Waals surface area contributed by atoms with Crippen LogP contribution in [0.25, 0.3) is 0 Å². The molecule has 1 aromatic heterocycles. The molecule has 1 N–H and O–H groups in total. The first-order valence-corrected chi connectivity index (χ1v) is 10.8. The predicted molar refractivity (Wildman–Crippen MR) is 120 cm³/mol. The second kappa shape index (κ2) is 8.98. The van der Waals surface area contributed by atoms with Gasteiger partial charge in [-0.15, -0.1) is 0 Å². The number of nitrogens with zero attached hydrogens (tertiary/aromatic N) is 1. The van der Waals surface area contributed by atoms with Crippen molar-refractivity contribution >= 4 is 29.4 Å². The Bertz CT molecular complexity index is 1330. The minimum Gasteiger partial charge on any atom is -0.486 e. The van der Waals surface area contributed by atoms with Crippen LogP contribution in [-0.2, 0) is 16.1 Å². The third-order valence-electron chi connectivity index (χ3n) is 5.56. The molecule has 3 amide bonds. The highest BCUT2D eigenvalue weighted by Gasteiger charge is 2.36. The van der Waals surface area contributed by atoms with Crippen molar-refractivity contribution in [2.75, 3.05) is 18.5 Å². The first kappa shape index (κ1) is 22.2. The lowest BCUT2D eigenvalue weighted by molar-refractivity contribution is -0.123.